The van der Waals surface area contributed by atoms with Crippen molar-refractivity contribution in [3.63, 3.8) is 0 Å². The Morgan fingerprint density at radius 1 is 0.875 bits per heavy atom. The number of carbonyl (C=O) groups is 2. The van der Waals surface area contributed by atoms with Crippen LogP contribution in [0.1, 0.15) is 68.0 Å². The monoisotopic (exact) mass is 805 g/mol. The highest BCUT2D eigenvalue weighted by Crippen LogP contribution is 2.34. The lowest BCUT2D eigenvalue weighted by Crippen LogP contribution is -2.44. The molecule has 0 bridgehead atoms. The molecule has 10 nitrogen and oxygen atoms in total. The third-order valence-electron chi connectivity index (χ3n) is 8.96. The number of nitrogens with one attached hydrogen (secondary N) is 1. The fraction of sp³-hybridized carbons (Fsp3) is 0.432. The van der Waals surface area contributed by atoms with Crippen LogP contribution in [0.15, 0.2) is 79.0 Å². The van der Waals surface area contributed by atoms with E-state index in [1.54, 1.807) is 25.4 Å². The molecule has 1 unspecified atom stereocenters. The molecule has 12 heteroatoms. The van der Waals surface area contributed by atoms with Gasteiger partial charge in [-0.15, -0.1) is 0 Å². The van der Waals surface area contributed by atoms with Crippen LogP contribution in [0.5, 0.6) is 17.2 Å². The molecule has 1 saturated carbocycles. The molecule has 1 atom stereocenters. The van der Waals surface area contributed by atoms with Crippen LogP contribution in [-0.4, -0.2) is 67.0 Å². The second-order valence-electron chi connectivity index (χ2n) is 15.1. The first-order valence-electron chi connectivity index (χ1n) is 19.1. The molecule has 3 aromatic carbocycles. The van der Waals surface area contributed by atoms with Gasteiger partial charge in [0.25, 0.3) is 0 Å². The highest BCUT2D eigenvalue weighted by Gasteiger charge is 2.36. The normalized spacial score (nSPS) is 13.1. The van der Waals surface area contributed by atoms with Gasteiger partial charge < -0.3 is 33.9 Å². The first-order valence-corrected chi connectivity index (χ1v) is 19.8. The van der Waals surface area contributed by atoms with Crippen molar-refractivity contribution in [2.75, 3.05) is 33.5 Å². The quantitative estimate of drug-likeness (QED) is 0.0882. The van der Waals surface area contributed by atoms with E-state index in [9.17, 15) is 9.59 Å². The first-order chi connectivity index (χ1) is 26.9. The van der Waals surface area contributed by atoms with E-state index in [4.69, 9.17) is 46.9 Å². The lowest BCUT2D eigenvalue weighted by atomic mass is 9.97. The molecular weight excluding hydrogens is 753 g/mol. The second kappa shape index (κ2) is 20.6. The van der Waals surface area contributed by atoms with Gasteiger partial charge in [-0.05, 0) is 131 Å². The van der Waals surface area contributed by atoms with E-state index in [1.165, 1.54) is 0 Å². The van der Waals surface area contributed by atoms with Crippen LogP contribution in [0.3, 0.4) is 0 Å². The summed E-state index contributed by atoms with van der Waals surface area (Å²) in [4.78, 5) is 33.7. The maximum Gasteiger partial charge on any atom is 0.407 e. The predicted octanol–water partition coefficient (Wildman–Crippen LogP) is 9.19. The molecule has 1 aliphatic carbocycles. The number of alkyl carbamates (subject to hydrolysis) is 1. The van der Waals surface area contributed by atoms with Crippen molar-refractivity contribution >= 4 is 35.2 Å². The predicted molar refractivity (Wildman–Crippen MR) is 219 cm³/mol. The van der Waals surface area contributed by atoms with Crippen molar-refractivity contribution in [2.24, 2.45) is 5.92 Å². The molecule has 56 heavy (non-hydrogen) atoms. The fourth-order valence-electron chi connectivity index (χ4n) is 6.21. The lowest BCUT2D eigenvalue weighted by Gasteiger charge is -2.29. The minimum absolute atomic E-state index is 0.0322. The third kappa shape index (κ3) is 13.9. The average molecular weight is 807 g/mol. The number of amides is 2. The lowest BCUT2D eigenvalue weighted by molar-refractivity contribution is -0.136. The molecule has 0 spiro atoms. The number of carbonyl (C=O) groups excluding carboxylic acids is 2. The summed E-state index contributed by atoms with van der Waals surface area (Å²) in [5.41, 5.74) is 4.12. The van der Waals surface area contributed by atoms with Gasteiger partial charge in [0, 0.05) is 39.0 Å². The van der Waals surface area contributed by atoms with Crippen LogP contribution in [0, 0.1) is 12.8 Å². The number of halogens is 2. The van der Waals surface area contributed by atoms with Crippen LogP contribution in [0.25, 0.3) is 0 Å². The number of aryl methyl sites for hydroxylation is 2. The Kier molecular flexibility index (Phi) is 15.7. The van der Waals surface area contributed by atoms with E-state index >= 15 is 0 Å². The van der Waals surface area contributed by atoms with E-state index in [-0.39, 0.29) is 31.7 Å². The van der Waals surface area contributed by atoms with E-state index in [0.29, 0.717) is 47.7 Å². The van der Waals surface area contributed by atoms with Crippen molar-refractivity contribution in [1.82, 2.24) is 15.2 Å². The van der Waals surface area contributed by atoms with Gasteiger partial charge in [0.15, 0.2) is 5.75 Å². The molecule has 1 heterocycles. The highest BCUT2D eigenvalue weighted by molar-refractivity contribution is 6.37. The summed E-state index contributed by atoms with van der Waals surface area (Å²) in [6, 6.07) is 23.3. The number of methoxy groups -OCH3 is 1. The van der Waals surface area contributed by atoms with E-state index < -0.39 is 17.6 Å². The highest BCUT2D eigenvalue weighted by atomic mass is 35.5. The molecule has 1 N–H and O–H groups in total. The van der Waals surface area contributed by atoms with E-state index in [2.05, 4.69) is 22.4 Å². The molecule has 300 valence electrons. The number of hydrogen-bond donors (Lipinski definition) is 1. The van der Waals surface area contributed by atoms with Crippen molar-refractivity contribution in [3.05, 3.63) is 117 Å². The number of aromatic nitrogens is 1. The second-order valence-corrected chi connectivity index (χ2v) is 15.9. The molecule has 1 fully saturated rings. The fourth-order valence-corrected chi connectivity index (χ4v) is 6.92. The molecular formula is C44H53Cl2N3O7. The zero-order valence-corrected chi connectivity index (χ0v) is 34.5. The van der Waals surface area contributed by atoms with Crippen LogP contribution < -0.4 is 19.5 Å². The third-order valence-corrected chi connectivity index (χ3v) is 9.53. The molecule has 4 aromatic rings. The summed E-state index contributed by atoms with van der Waals surface area (Å²) in [6.07, 6.45) is 5.10. The van der Waals surface area contributed by atoms with Gasteiger partial charge in [-0.25, -0.2) is 4.79 Å². The number of ether oxygens (including phenoxy) is 5. The maximum absolute atomic E-state index is 14.6. The maximum atomic E-state index is 14.6. The largest absolute Gasteiger partial charge is 0.490 e. The topological polar surface area (TPSA) is 108 Å². The van der Waals surface area contributed by atoms with Crippen LogP contribution in [-0.2, 0) is 40.3 Å². The minimum atomic E-state index is -0.673. The van der Waals surface area contributed by atoms with Gasteiger partial charge in [0.05, 0.1) is 21.7 Å². The number of benzene rings is 3. The Balaban J connectivity index is 1.28. The van der Waals surface area contributed by atoms with Gasteiger partial charge in [-0.2, -0.15) is 0 Å². The van der Waals surface area contributed by atoms with Crippen LogP contribution in [0.2, 0.25) is 10.0 Å². The Morgan fingerprint density at radius 3 is 2.25 bits per heavy atom. The smallest absolute Gasteiger partial charge is 0.407 e. The van der Waals surface area contributed by atoms with Crippen molar-refractivity contribution in [3.8, 4) is 17.2 Å². The van der Waals surface area contributed by atoms with E-state index in [0.717, 1.165) is 59.4 Å². The van der Waals surface area contributed by atoms with Crippen LogP contribution in [0.4, 0.5) is 4.79 Å². The van der Waals surface area contributed by atoms with Gasteiger partial charge in [-0.3, -0.25) is 9.78 Å². The Bertz CT molecular complexity index is 1860. The van der Waals surface area contributed by atoms with Gasteiger partial charge >= 0.3 is 6.09 Å². The molecule has 0 radical (unpaired) electrons. The molecule has 5 rings (SSSR count). The number of nitrogens with zero attached hydrogens (tertiary/aromatic N) is 2. The minimum Gasteiger partial charge on any atom is -0.490 e. The zero-order chi connectivity index (χ0) is 40.1. The van der Waals surface area contributed by atoms with Gasteiger partial charge in [-0.1, -0.05) is 47.5 Å². The van der Waals surface area contributed by atoms with Crippen LogP contribution >= 0.6 is 23.2 Å². The van der Waals surface area contributed by atoms with Gasteiger partial charge in [0.1, 0.15) is 36.9 Å². The average Bonchev–Trinajstić information content (AvgIpc) is 4.00. The van der Waals surface area contributed by atoms with Gasteiger partial charge in [0.2, 0.25) is 5.91 Å². The number of hydrogen-bond acceptors (Lipinski definition) is 8. The van der Waals surface area contributed by atoms with Crippen molar-refractivity contribution in [2.45, 2.75) is 84.6 Å². The molecule has 1 aromatic heterocycles. The summed E-state index contributed by atoms with van der Waals surface area (Å²) >= 11 is 12.6. The molecule has 0 aliphatic heterocycles. The summed E-state index contributed by atoms with van der Waals surface area (Å²) in [5, 5.41) is 3.77. The summed E-state index contributed by atoms with van der Waals surface area (Å²) in [5.74, 6) is 1.23. The Hall–Kier alpha value is -4.51. The first kappa shape index (κ1) is 42.6. The molecule has 2 amide bonds. The zero-order valence-electron chi connectivity index (χ0n) is 32.9. The standard InChI is InChI=1S/C44H53Cl2N3O7/c1-30-21-39(45)41(40(46)22-30)54-20-19-53-37-15-11-31(12-16-37)24-34(27-48-43(51)56-44(2,3)4)42(50)49(36-13-14-36)28-33-23-32(9-8-18-52-5)25-38(26-33)55-29-35-10-6-7-17-47-35/h6-7,10-12,15-17,21-23,25-26,34,36H,8-9,13-14,18-20,24,27-29H2,1-5H3,(H,48,51). The Morgan fingerprint density at radius 2 is 1.59 bits per heavy atom. The van der Waals surface area contributed by atoms with Crippen molar-refractivity contribution in [1.29, 1.82) is 0 Å². The Labute approximate surface area is 340 Å². The van der Waals surface area contributed by atoms with Crippen molar-refractivity contribution < 1.29 is 33.3 Å². The van der Waals surface area contributed by atoms with E-state index in [1.807, 2.05) is 81.1 Å². The summed E-state index contributed by atoms with van der Waals surface area (Å²) < 4.78 is 28.8. The number of rotatable bonds is 20. The summed E-state index contributed by atoms with van der Waals surface area (Å²) in [7, 11) is 1.70. The molecule has 0 saturated heterocycles. The molecule has 1 aliphatic rings. The summed E-state index contributed by atoms with van der Waals surface area (Å²) in [6.45, 7) is 9.39. The number of pyridine rings is 1. The SMILES string of the molecule is COCCCc1cc(CN(C(=O)C(CNC(=O)OC(C)(C)C)Cc2ccc(OCCOc3c(Cl)cc(C)cc3Cl)cc2)C2CC2)cc(OCc2ccccn2)c1.